The van der Waals surface area contributed by atoms with E-state index in [1.165, 1.54) is 12.1 Å². The van der Waals surface area contributed by atoms with E-state index in [9.17, 15) is 22.4 Å². The van der Waals surface area contributed by atoms with Gasteiger partial charge in [-0.2, -0.15) is 4.31 Å². The number of rotatable bonds is 3. The predicted molar refractivity (Wildman–Crippen MR) is 73.6 cm³/mol. The van der Waals surface area contributed by atoms with Crippen LogP contribution >= 0.6 is 11.8 Å². The van der Waals surface area contributed by atoms with Crippen LogP contribution in [0.1, 0.15) is 0 Å². The van der Waals surface area contributed by atoms with Crippen LogP contribution in [0.5, 0.6) is 0 Å². The fourth-order valence-corrected chi connectivity index (χ4v) is 4.59. The summed E-state index contributed by atoms with van der Waals surface area (Å²) in [5.74, 6) is -0.821. The molecule has 3 rings (SSSR count). The van der Waals surface area contributed by atoms with Crippen molar-refractivity contribution in [3.05, 3.63) is 30.1 Å². The van der Waals surface area contributed by atoms with Crippen LogP contribution in [0.25, 0.3) is 0 Å². The summed E-state index contributed by atoms with van der Waals surface area (Å²) in [7, 11) is -3.78. The normalized spacial score (nSPS) is 20.9. The van der Waals surface area contributed by atoms with Crippen molar-refractivity contribution in [1.29, 1.82) is 0 Å². The number of carbonyl (C=O) groups excluding carboxylic acids is 2. The number of carbonyl (C=O) groups is 2. The van der Waals surface area contributed by atoms with Gasteiger partial charge in [0.2, 0.25) is 15.9 Å². The van der Waals surface area contributed by atoms with Crippen LogP contribution in [-0.4, -0.2) is 53.7 Å². The van der Waals surface area contributed by atoms with Crippen molar-refractivity contribution in [3.63, 3.8) is 0 Å². The molecule has 0 spiro atoms. The predicted octanol–water partition coefficient (Wildman–Crippen LogP) is 0.894. The van der Waals surface area contributed by atoms with E-state index in [1.54, 1.807) is 0 Å². The van der Waals surface area contributed by atoms with Gasteiger partial charge in [0.1, 0.15) is 5.82 Å². The lowest BCUT2D eigenvalue weighted by molar-refractivity contribution is -0.127. The molecule has 0 unspecified atom stereocenters. The summed E-state index contributed by atoms with van der Waals surface area (Å²) in [6, 6.07) is 4.32. The number of sulfonamides is 1. The van der Waals surface area contributed by atoms with E-state index in [1.807, 2.05) is 0 Å². The zero-order valence-corrected chi connectivity index (χ0v) is 12.4. The van der Waals surface area contributed by atoms with E-state index in [4.69, 9.17) is 0 Å². The third-order valence-electron chi connectivity index (χ3n) is 3.41. The second-order valence-corrected chi connectivity index (χ2v) is 7.62. The van der Waals surface area contributed by atoms with Gasteiger partial charge in [-0.3, -0.25) is 14.5 Å². The maximum absolute atomic E-state index is 13.1. The summed E-state index contributed by atoms with van der Waals surface area (Å²) >= 11 is 0.918. The number of hydrogen-bond donors (Lipinski definition) is 0. The lowest BCUT2D eigenvalue weighted by Crippen LogP contribution is -2.61. The molecule has 6 nitrogen and oxygen atoms in total. The summed E-state index contributed by atoms with van der Waals surface area (Å²) in [6.07, 6.45) is 0. The van der Waals surface area contributed by atoms with E-state index >= 15 is 0 Å². The summed E-state index contributed by atoms with van der Waals surface area (Å²) < 4.78 is 38.8. The monoisotopic (exact) mass is 330 g/mol. The number of thioether (sulfide) groups is 1. The number of amides is 2. The third kappa shape index (κ3) is 2.45. The number of benzene rings is 1. The molecule has 2 aliphatic heterocycles. The molecule has 2 fully saturated rings. The minimum absolute atomic E-state index is 0.0525. The molecule has 0 bridgehead atoms. The van der Waals surface area contributed by atoms with Crippen molar-refractivity contribution >= 4 is 32.9 Å². The zero-order valence-electron chi connectivity index (χ0n) is 10.7. The molecule has 0 N–H and O–H groups in total. The lowest BCUT2D eigenvalue weighted by Gasteiger charge is -2.41. The summed E-state index contributed by atoms with van der Waals surface area (Å²) in [4.78, 5) is 24.1. The smallest absolute Gasteiger partial charge is 0.273 e. The lowest BCUT2D eigenvalue weighted by atomic mass is 10.1. The highest BCUT2D eigenvalue weighted by molar-refractivity contribution is 8.14. The zero-order chi connectivity index (χ0) is 15.2. The molecule has 0 saturated carbocycles. The van der Waals surface area contributed by atoms with Gasteiger partial charge in [0, 0.05) is 13.1 Å². The molecule has 9 heteroatoms. The Kier molecular flexibility index (Phi) is 3.50. The summed E-state index contributed by atoms with van der Waals surface area (Å²) in [6.45, 7) is 0.105. The number of hydrogen-bond acceptors (Lipinski definition) is 5. The molecule has 2 aliphatic rings. The highest BCUT2D eigenvalue weighted by Crippen LogP contribution is 2.29. The Balaban J connectivity index is 1.74. The van der Waals surface area contributed by atoms with Crippen LogP contribution in [0.4, 0.5) is 9.18 Å². The minimum atomic E-state index is -3.78. The SMILES string of the molecule is O=C1CSC(=O)N1C1CN(S(=O)(=O)c2cccc(F)c2)C1. The molecule has 1 aromatic rings. The second kappa shape index (κ2) is 5.08. The van der Waals surface area contributed by atoms with Gasteiger partial charge in [-0.25, -0.2) is 12.8 Å². The Labute approximate surface area is 125 Å². The first-order valence-corrected chi connectivity index (χ1v) is 8.57. The van der Waals surface area contributed by atoms with Crippen molar-refractivity contribution in [2.45, 2.75) is 10.9 Å². The van der Waals surface area contributed by atoms with Gasteiger partial charge >= 0.3 is 0 Å². The van der Waals surface area contributed by atoms with Crippen molar-refractivity contribution in [1.82, 2.24) is 9.21 Å². The fraction of sp³-hybridized carbons (Fsp3) is 0.333. The molecule has 2 saturated heterocycles. The molecule has 0 aromatic heterocycles. The van der Waals surface area contributed by atoms with Crippen LogP contribution in [0.3, 0.4) is 0 Å². The highest BCUT2D eigenvalue weighted by Gasteiger charge is 2.45. The van der Waals surface area contributed by atoms with E-state index in [2.05, 4.69) is 0 Å². The van der Waals surface area contributed by atoms with Gasteiger partial charge < -0.3 is 0 Å². The van der Waals surface area contributed by atoms with Crippen LogP contribution in [0.2, 0.25) is 0 Å². The molecule has 21 heavy (non-hydrogen) atoms. The second-order valence-electron chi connectivity index (χ2n) is 4.75. The van der Waals surface area contributed by atoms with Gasteiger partial charge in [-0.05, 0) is 18.2 Å². The van der Waals surface area contributed by atoms with E-state index in [0.717, 1.165) is 33.1 Å². The standard InChI is InChI=1S/C12H11FN2O4S2/c13-8-2-1-3-10(4-8)21(18,19)14-5-9(6-14)15-11(16)7-20-12(15)17/h1-4,9H,5-7H2. The first kappa shape index (κ1) is 14.5. The van der Waals surface area contributed by atoms with Crippen molar-refractivity contribution < 1.29 is 22.4 Å². The molecule has 112 valence electrons. The van der Waals surface area contributed by atoms with E-state index in [0.29, 0.717) is 0 Å². The van der Waals surface area contributed by atoms with Crippen LogP contribution in [0, 0.1) is 5.82 Å². The molecule has 2 heterocycles. The topological polar surface area (TPSA) is 74.8 Å². The number of halogens is 1. The number of nitrogens with zero attached hydrogens (tertiary/aromatic N) is 2. The third-order valence-corrected chi connectivity index (χ3v) is 6.07. The Hall–Kier alpha value is -1.45. The molecule has 0 radical (unpaired) electrons. The minimum Gasteiger partial charge on any atom is -0.273 e. The Morgan fingerprint density at radius 3 is 2.52 bits per heavy atom. The average molecular weight is 330 g/mol. The maximum Gasteiger partial charge on any atom is 0.289 e. The Morgan fingerprint density at radius 2 is 1.95 bits per heavy atom. The van der Waals surface area contributed by atoms with Crippen molar-refractivity contribution in [2.24, 2.45) is 0 Å². The van der Waals surface area contributed by atoms with Gasteiger partial charge in [0.15, 0.2) is 0 Å². The number of imide groups is 1. The summed E-state index contributed by atoms with van der Waals surface area (Å²) in [5, 5.41) is -0.340. The maximum atomic E-state index is 13.1. The van der Waals surface area contributed by atoms with Crippen molar-refractivity contribution in [3.8, 4) is 0 Å². The quantitative estimate of drug-likeness (QED) is 0.823. The molecular formula is C12H11FN2O4S2. The fourth-order valence-electron chi connectivity index (χ4n) is 2.27. The van der Waals surface area contributed by atoms with Crippen LogP contribution < -0.4 is 0 Å². The van der Waals surface area contributed by atoms with Gasteiger partial charge in [0.25, 0.3) is 5.24 Å². The Bertz CT molecular complexity index is 700. The molecular weight excluding hydrogens is 319 g/mol. The molecule has 0 atom stereocenters. The van der Waals surface area contributed by atoms with Crippen LogP contribution in [-0.2, 0) is 14.8 Å². The van der Waals surface area contributed by atoms with Gasteiger partial charge in [0.05, 0.1) is 16.7 Å². The van der Waals surface area contributed by atoms with Crippen molar-refractivity contribution in [2.75, 3.05) is 18.8 Å². The van der Waals surface area contributed by atoms with Crippen LogP contribution in [0.15, 0.2) is 29.2 Å². The first-order chi connectivity index (χ1) is 9.89. The van der Waals surface area contributed by atoms with E-state index in [-0.39, 0.29) is 34.9 Å². The molecule has 0 aliphatic carbocycles. The molecule has 2 amide bonds. The average Bonchev–Trinajstić information content (AvgIpc) is 2.69. The highest BCUT2D eigenvalue weighted by atomic mass is 32.2. The first-order valence-electron chi connectivity index (χ1n) is 6.14. The largest absolute Gasteiger partial charge is 0.289 e. The van der Waals surface area contributed by atoms with Gasteiger partial charge in [-0.1, -0.05) is 17.8 Å². The van der Waals surface area contributed by atoms with Gasteiger partial charge in [-0.15, -0.1) is 0 Å². The Morgan fingerprint density at radius 1 is 1.24 bits per heavy atom. The summed E-state index contributed by atoms with van der Waals surface area (Å²) in [5.41, 5.74) is 0. The molecule has 1 aromatic carbocycles. The van der Waals surface area contributed by atoms with E-state index < -0.39 is 21.9 Å².